The van der Waals surface area contributed by atoms with Gasteiger partial charge in [-0.15, -0.1) is 6.58 Å². The molecule has 0 aromatic carbocycles. The number of nitrogens with one attached hydrogen (secondary N) is 2. The van der Waals surface area contributed by atoms with Gasteiger partial charge in [-0.05, 0) is 44.1 Å². The lowest BCUT2D eigenvalue weighted by Crippen LogP contribution is -2.46. The zero-order chi connectivity index (χ0) is 25.5. The second-order valence-corrected chi connectivity index (χ2v) is 9.13. The summed E-state index contributed by atoms with van der Waals surface area (Å²) in [5.41, 5.74) is 2.52. The van der Waals surface area contributed by atoms with Crippen molar-refractivity contribution in [3.05, 3.63) is 48.5 Å². The fourth-order valence-electron chi connectivity index (χ4n) is 4.00. The van der Waals surface area contributed by atoms with Crippen molar-refractivity contribution in [2.24, 2.45) is 10.9 Å². The summed E-state index contributed by atoms with van der Waals surface area (Å²) in [7, 11) is 0. The molecule has 0 radical (unpaired) electrons. The number of anilines is 2. The van der Waals surface area contributed by atoms with E-state index in [0.717, 1.165) is 63.5 Å². The summed E-state index contributed by atoms with van der Waals surface area (Å²) in [4.78, 5) is 17.8. The van der Waals surface area contributed by atoms with Crippen LogP contribution in [-0.2, 0) is 0 Å². The summed E-state index contributed by atoms with van der Waals surface area (Å²) in [6, 6.07) is 0.0978. The fourth-order valence-corrected chi connectivity index (χ4v) is 4.00. The van der Waals surface area contributed by atoms with Crippen LogP contribution in [0.1, 0.15) is 53.4 Å². The summed E-state index contributed by atoms with van der Waals surface area (Å²) in [5, 5.41) is 15.7. The third-order valence-corrected chi connectivity index (χ3v) is 6.07. The quantitative estimate of drug-likeness (QED) is 0.157. The van der Waals surface area contributed by atoms with Gasteiger partial charge in [-0.3, -0.25) is 4.98 Å². The molecule has 0 fully saturated rings. The normalized spacial score (nSPS) is 14.2. The number of nitrogens with zero attached hydrogens (tertiary/aromatic N) is 6. The molecule has 0 saturated heterocycles. The molecule has 0 spiro atoms. The zero-order valence-corrected chi connectivity index (χ0v) is 21.9. The Balaban J connectivity index is 2.24. The highest BCUT2D eigenvalue weighted by molar-refractivity contribution is 5.56. The second kappa shape index (κ2) is 15.5. The third-order valence-electron chi connectivity index (χ3n) is 6.07. The molecule has 0 aliphatic heterocycles. The highest BCUT2D eigenvalue weighted by Crippen LogP contribution is 2.19. The molecule has 2 rings (SSSR count). The van der Waals surface area contributed by atoms with Crippen LogP contribution in [0.25, 0.3) is 0 Å². The molecular weight excluding hydrogens is 436 g/mol. The van der Waals surface area contributed by atoms with Gasteiger partial charge in [-0.25, -0.2) is 4.98 Å². The van der Waals surface area contributed by atoms with Crippen LogP contribution in [-0.4, -0.2) is 55.1 Å². The number of aromatic nitrogens is 2. The molecular formula is C27H42N8. The lowest BCUT2D eigenvalue weighted by molar-refractivity contribution is 0.449. The van der Waals surface area contributed by atoms with Gasteiger partial charge in [0.2, 0.25) is 6.19 Å². The first-order valence-corrected chi connectivity index (χ1v) is 12.7. The van der Waals surface area contributed by atoms with Crippen LogP contribution >= 0.6 is 0 Å². The van der Waals surface area contributed by atoms with E-state index < -0.39 is 0 Å². The molecule has 1 aromatic rings. The van der Waals surface area contributed by atoms with E-state index >= 15 is 0 Å². The molecule has 8 heteroatoms. The molecule has 1 aliphatic carbocycles. The first-order valence-electron chi connectivity index (χ1n) is 12.7. The molecule has 1 unspecified atom stereocenters. The Hall–Kier alpha value is -3.34. The molecule has 1 aromatic heterocycles. The Bertz CT molecular complexity index is 912. The lowest BCUT2D eigenvalue weighted by atomic mass is 10.0. The number of hydrogen-bond acceptors (Lipinski definition) is 7. The monoisotopic (exact) mass is 478 g/mol. The molecule has 2 N–H and O–H groups in total. The van der Waals surface area contributed by atoms with Crippen LogP contribution in [0.15, 0.2) is 53.5 Å². The van der Waals surface area contributed by atoms with Crippen LogP contribution < -0.4 is 20.4 Å². The maximum atomic E-state index is 8.78. The molecule has 8 nitrogen and oxygen atoms in total. The number of nitriles is 1. The van der Waals surface area contributed by atoms with Gasteiger partial charge < -0.3 is 20.4 Å². The van der Waals surface area contributed by atoms with Crippen molar-refractivity contribution in [2.45, 2.75) is 59.4 Å². The number of allylic oxidation sites excluding steroid dienone is 3. The van der Waals surface area contributed by atoms with Crippen molar-refractivity contribution in [3.63, 3.8) is 0 Å². The molecule has 190 valence electrons. The number of hydrogen-bond donors (Lipinski definition) is 2. The number of rotatable bonds is 16. The Morgan fingerprint density at radius 1 is 1.17 bits per heavy atom. The van der Waals surface area contributed by atoms with Gasteiger partial charge in [0.1, 0.15) is 18.0 Å². The first-order chi connectivity index (χ1) is 17.0. The molecule has 0 saturated carbocycles. The van der Waals surface area contributed by atoms with E-state index in [1.54, 1.807) is 0 Å². The summed E-state index contributed by atoms with van der Waals surface area (Å²) >= 11 is 0. The molecule has 1 heterocycles. The van der Waals surface area contributed by atoms with E-state index in [2.05, 4.69) is 76.8 Å². The van der Waals surface area contributed by atoms with Crippen molar-refractivity contribution in [3.8, 4) is 6.19 Å². The van der Waals surface area contributed by atoms with E-state index in [0.29, 0.717) is 12.5 Å². The maximum Gasteiger partial charge on any atom is 0.207 e. The van der Waals surface area contributed by atoms with E-state index in [1.807, 2.05) is 24.7 Å². The fraction of sp³-hybridized carbons (Fsp3) is 0.556. The average Bonchev–Trinajstić information content (AvgIpc) is 2.86. The molecule has 0 amide bonds. The van der Waals surface area contributed by atoms with Crippen LogP contribution in [0.5, 0.6) is 0 Å². The smallest absolute Gasteiger partial charge is 0.207 e. The summed E-state index contributed by atoms with van der Waals surface area (Å²) in [6.07, 6.45) is 17.6. The van der Waals surface area contributed by atoms with E-state index in [4.69, 9.17) is 10.2 Å². The Morgan fingerprint density at radius 3 is 2.57 bits per heavy atom. The van der Waals surface area contributed by atoms with Gasteiger partial charge in [0.25, 0.3) is 0 Å². The molecule has 1 aliphatic rings. The SMILES string of the molecule is C=CCCN(CCC)c1cncc(N(CCNC2=CCCC=C2C)CC(NC=NC#N)C(C)C)n1. The Labute approximate surface area is 211 Å². The van der Waals surface area contributed by atoms with Gasteiger partial charge in [0.05, 0.1) is 12.4 Å². The van der Waals surface area contributed by atoms with Gasteiger partial charge in [0.15, 0.2) is 0 Å². The third kappa shape index (κ3) is 9.44. The van der Waals surface area contributed by atoms with Gasteiger partial charge in [-0.2, -0.15) is 10.3 Å². The van der Waals surface area contributed by atoms with Crippen molar-refractivity contribution in [1.82, 2.24) is 20.6 Å². The van der Waals surface area contributed by atoms with Crippen molar-refractivity contribution in [2.75, 3.05) is 42.5 Å². The topological polar surface area (TPSA) is 92.5 Å². The minimum Gasteiger partial charge on any atom is -0.383 e. The Morgan fingerprint density at radius 2 is 1.91 bits per heavy atom. The zero-order valence-electron chi connectivity index (χ0n) is 21.9. The largest absolute Gasteiger partial charge is 0.383 e. The van der Waals surface area contributed by atoms with Gasteiger partial charge in [0, 0.05) is 44.5 Å². The average molecular weight is 479 g/mol. The van der Waals surface area contributed by atoms with Crippen LogP contribution in [0.2, 0.25) is 0 Å². The van der Waals surface area contributed by atoms with Crippen molar-refractivity contribution >= 4 is 18.0 Å². The summed E-state index contributed by atoms with van der Waals surface area (Å²) in [5.74, 6) is 2.07. The minimum atomic E-state index is 0.0978. The van der Waals surface area contributed by atoms with Crippen LogP contribution in [0.4, 0.5) is 11.6 Å². The molecule has 1 atom stereocenters. The van der Waals surface area contributed by atoms with Gasteiger partial charge >= 0.3 is 0 Å². The maximum absolute atomic E-state index is 8.78. The minimum absolute atomic E-state index is 0.0978. The predicted octanol–water partition coefficient (Wildman–Crippen LogP) is 4.41. The van der Waals surface area contributed by atoms with Gasteiger partial charge in [-0.1, -0.05) is 39.0 Å². The van der Waals surface area contributed by atoms with Crippen molar-refractivity contribution < 1.29 is 0 Å². The summed E-state index contributed by atoms with van der Waals surface area (Å²) < 4.78 is 0. The van der Waals surface area contributed by atoms with Crippen LogP contribution in [0, 0.1) is 17.4 Å². The standard InChI is InChI=1S/C27H42N8/c1-6-8-15-34(14-7-2)26-17-29-18-27(33-26)35(19-25(22(3)4)32-21-30-20-28)16-13-31-24-12-10-9-11-23(24)5/h6,11-12,17-18,21-22,25,31H,1,7-10,13-16,19H2,2-5H3,(H,30,32). The number of aliphatic imine (C=N–C) groups is 1. The van der Waals surface area contributed by atoms with E-state index in [9.17, 15) is 0 Å². The highest BCUT2D eigenvalue weighted by Gasteiger charge is 2.20. The lowest BCUT2D eigenvalue weighted by Gasteiger charge is -2.32. The second-order valence-electron chi connectivity index (χ2n) is 9.13. The highest BCUT2D eigenvalue weighted by atomic mass is 15.3. The predicted molar refractivity (Wildman–Crippen MR) is 147 cm³/mol. The first kappa shape index (κ1) is 27.9. The van der Waals surface area contributed by atoms with E-state index in [1.165, 1.54) is 17.6 Å². The summed E-state index contributed by atoms with van der Waals surface area (Å²) in [6.45, 7) is 16.6. The molecule has 0 bridgehead atoms. The molecule has 35 heavy (non-hydrogen) atoms. The Kier molecular flexibility index (Phi) is 12.4. The van der Waals surface area contributed by atoms with Crippen LogP contribution in [0.3, 0.4) is 0 Å². The van der Waals surface area contributed by atoms with E-state index in [-0.39, 0.29) is 6.04 Å². The van der Waals surface area contributed by atoms with Crippen molar-refractivity contribution in [1.29, 1.82) is 5.26 Å².